The van der Waals surface area contributed by atoms with E-state index >= 15 is 0 Å². The van der Waals surface area contributed by atoms with E-state index in [4.69, 9.17) is 9.47 Å². The highest BCUT2D eigenvalue weighted by atomic mass is 19.1. The van der Waals surface area contributed by atoms with Gasteiger partial charge in [-0.15, -0.1) is 0 Å². The standard InChI is InChI=1S/C16H17F2NO2/c1-10-4-5-14(15(6-10)20-3)21-16-12(17)7-11(9-19-2)8-13(16)18/h4-8,19H,9H2,1-3H3. The first kappa shape index (κ1) is 15.3. The van der Waals surface area contributed by atoms with Crippen molar-refractivity contribution in [2.45, 2.75) is 13.5 Å². The average Bonchev–Trinajstić information content (AvgIpc) is 2.44. The highest BCUT2D eigenvalue weighted by Gasteiger charge is 2.15. The van der Waals surface area contributed by atoms with Crippen molar-refractivity contribution >= 4 is 0 Å². The van der Waals surface area contributed by atoms with Gasteiger partial charge in [-0.3, -0.25) is 0 Å². The van der Waals surface area contributed by atoms with Crippen molar-refractivity contribution in [2.24, 2.45) is 0 Å². The van der Waals surface area contributed by atoms with Gasteiger partial charge in [-0.2, -0.15) is 0 Å². The quantitative estimate of drug-likeness (QED) is 0.909. The molecule has 1 N–H and O–H groups in total. The lowest BCUT2D eigenvalue weighted by Crippen LogP contribution is -2.06. The highest BCUT2D eigenvalue weighted by Crippen LogP contribution is 2.35. The molecule has 0 radical (unpaired) electrons. The molecule has 3 nitrogen and oxygen atoms in total. The maximum Gasteiger partial charge on any atom is 0.198 e. The van der Waals surface area contributed by atoms with Crippen LogP contribution in [0.4, 0.5) is 8.78 Å². The van der Waals surface area contributed by atoms with Crippen LogP contribution < -0.4 is 14.8 Å². The number of aryl methyl sites for hydroxylation is 1. The van der Waals surface area contributed by atoms with Gasteiger partial charge in [-0.1, -0.05) is 6.07 Å². The minimum absolute atomic E-state index is 0.266. The van der Waals surface area contributed by atoms with Crippen LogP contribution in [0, 0.1) is 18.6 Å². The van der Waals surface area contributed by atoms with Gasteiger partial charge in [0.05, 0.1) is 7.11 Å². The van der Waals surface area contributed by atoms with Gasteiger partial charge in [0.2, 0.25) is 0 Å². The monoisotopic (exact) mass is 293 g/mol. The largest absolute Gasteiger partial charge is 0.493 e. The van der Waals surface area contributed by atoms with Crippen LogP contribution in [-0.2, 0) is 6.54 Å². The van der Waals surface area contributed by atoms with Crippen LogP contribution in [0.15, 0.2) is 30.3 Å². The predicted molar refractivity (Wildman–Crippen MR) is 76.9 cm³/mol. The number of methoxy groups -OCH3 is 1. The summed E-state index contributed by atoms with van der Waals surface area (Å²) < 4.78 is 38.5. The SMILES string of the molecule is CNCc1cc(F)c(Oc2ccc(C)cc2OC)c(F)c1. The molecule has 112 valence electrons. The first-order chi connectivity index (χ1) is 10.0. The first-order valence-electron chi connectivity index (χ1n) is 6.50. The van der Waals surface area contributed by atoms with Crippen molar-refractivity contribution < 1.29 is 18.3 Å². The molecule has 2 aromatic carbocycles. The molecule has 0 amide bonds. The maximum atomic E-state index is 14.0. The molecule has 0 aliphatic rings. The van der Waals surface area contributed by atoms with E-state index in [9.17, 15) is 8.78 Å². The molecule has 0 heterocycles. The minimum Gasteiger partial charge on any atom is -0.493 e. The van der Waals surface area contributed by atoms with Crippen LogP contribution in [-0.4, -0.2) is 14.2 Å². The number of rotatable bonds is 5. The Hall–Kier alpha value is -2.14. The second-order valence-electron chi connectivity index (χ2n) is 4.68. The van der Waals surface area contributed by atoms with E-state index in [-0.39, 0.29) is 5.75 Å². The maximum absolute atomic E-state index is 14.0. The Morgan fingerprint density at radius 3 is 2.29 bits per heavy atom. The molecule has 2 aromatic rings. The van der Waals surface area contributed by atoms with E-state index in [1.807, 2.05) is 6.92 Å². The molecule has 0 fully saturated rings. The lowest BCUT2D eigenvalue weighted by molar-refractivity contribution is 0.359. The van der Waals surface area contributed by atoms with E-state index in [1.165, 1.54) is 19.2 Å². The van der Waals surface area contributed by atoms with Crippen LogP contribution in [0.5, 0.6) is 17.2 Å². The van der Waals surface area contributed by atoms with E-state index in [0.717, 1.165) is 5.56 Å². The summed E-state index contributed by atoms with van der Waals surface area (Å²) in [6.45, 7) is 2.27. The van der Waals surface area contributed by atoms with Crippen molar-refractivity contribution in [3.8, 4) is 17.2 Å². The van der Waals surface area contributed by atoms with Crippen LogP contribution in [0.25, 0.3) is 0 Å². The lowest BCUT2D eigenvalue weighted by Gasteiger charge is -2.13. The fourth-order valence-corrected chi connectivity index (χ4v) is 1.99. The Balaban J connectivity index is 2.36. The highest BCUT2D eigenvalue weighted by molar-refractivity contribution is 5.46. The van der Waals surface area contributed by atoms with Crippen molar-refractivity contribution in [2.75, 3.05) is 14.2 Å². The number of halogens is 2. The van der Waals surface area contributed by atoms with Gasteiger partial charge >= 0.3 is 0 Å². The molecule has 0 aliphatic heterocycles. The predicted octanol–water partition coefficient (Wildman–Crippen LogP) is 3.79. The third kappa shape index (κ3) is 3.49. The molecule has 0 saturated carbocycles. The molecule has 21 heavy (non-hydrogen) atoms. The van der Waals surface area contributed by atoms with Crippen molar-refractivity contribution in [1.82, 2.24) is 5.32 Å². The summed E-state index contributed by atoms with van der Waals surface area (Å²) in [5, 5.41) is 2.84. The van der Waals surface area contributed by atoms with Gasteiger partial charge in [0.25, 0.3) is 0 Å². The van der Waals surface area contributed by atoms with E-state index in [0.29, 0.717) is 17.9 Å². The van der Waals surface area contributed by atoms with Gasteiger partial charge in [0.1, 0.15) is 0 Å². The molecule has 0 bridgehead atoms. The Morgan fingerprint density at radius 2 is 1.71 bits per heavy atom. The number of nitrogens with one attached hydrogen (secondary N) is 1. The molecule has 0 unspecified atom stereocenters. The molecular weight excluding hydrogens is 276 g/mol. The normalized spacial score (nSPS) is 10.5. The zero-order chi connectivity index (χ0) is 15.4. The second kappa shape index (κ2) is 6.54. The molecule has 2 rings (SSSR count). The van der Waals surface area contributed by atoms with Gasteiger partial charge in [-0.05, 0) is 49.4 Å². The molecule has 0 aliphatic carbocycles. The first-order valence-corrected chi connectivity index (χ1v) is 6.50. The van der Waals surface area contributed by atoms with Gasteiger partial charge in [0.15, 0.2) is 28.9 Å². The van der Waals surface area contributed by atoms with Crippen LogP contribution in [0.1, 0.15) is 11.1 Å². The Labute approximate surface area is 122 Å². The fraction of sp³-hybridized carbons (Fsp3) is 0.250. The molecule has 0 spiro atoms. The summed E-state index contributed by atoms with van der Waals surface area (Å²) >= 11 is 0. The Bertz CT molecular complexity index is 621. The summed E-state index contributed by atoms with van der Waals surface area (Å²) in [5.41, 5.74) is 1.47. The summed E-state index contributed by atoms with van der Waals surface area (Å²) in [7, 11) is 3.18. The van der Waals surface area contributed by atoms with Crippen LogP contribution in [0.2, 0.25) is 0 Å². The second-order valence-corrected chi connectivity index (χ2v) is 4.68. The molecule has 0 atom stereocenters. The van der Waals surface area contributed by atoms with Crippen LogP contribution >= 0.6 is 0 Å². The zero-order valence-corrected chi connectivity index (χ0v) is 12.2. The van der Waals surface area contributed by atoms with Gasteiger partial charge in [-0.25, -0.2) is 8.78 Å². The molecule has 0 saturated heterocycles. The number of benzene rings is 2. The number of ether oxygens (including phenoxy) is 2. The van der Waals surface area contributed by atoms with E-state index < -0.39 is 17.4 Å². The third-order valence-corrected chi connectivity index (χ3v) is 2.97. The number of hydrogen-bond acceptors (Lipinski definition) is 3. The summed E-state index contributed by atoms with van der Waals surface area (Å²) in [5.74, 6) is -1.24. The number of hydrogen-bond donors (Lipinski definition) is 1. The summed E-state index contributed by atoms with van der Waals surface area (Å²) in [6.07, 6.45) is 0. The molecule has 5 heteroatoms. The lowest BCUT2D eigenvalue weighted by atomic mass is 10.2. The van der Waals surface area contributed by atoms with Crippen LogP contribution in [0.3, 0.4) is 0 Å². The van der Waals surface area contributed by atoms with Crippen molar-refractivity contribution in [3.05, 3.63) is 53.1 Å². The minimum atomic E-state index is -0.747. The van der Waals surface area contributed by atoms with Gasteiger partial charge in [0, 0.05) is 6.54 Å². The summed E-state index contributed by atoms with van der Waals surface area (Å²) in [6, 6.07) is 7.63. The topological polar surface area (TPSA) is 30.5 Å². The molecule has 0 aromatic heterocycles. The van der Waals surface area contributed by atoms with Crippen molar-refractivity contribution in [3.63, 3.8) is 0 Å². The Kier molecular flexibility index (Phi) is 4.75. The molecular formula is C16H17F2NO2. The zero-order valence-electron chi connectivity index (χ0n) is 12.2. The smallest absolute Gasteiger partial charge is 0.198 e. The fourth-order valence-electron chi connectivity index (χ4n) is 1.99. The van der Waals surface area contributed by atoms with E-state index in [1.54, 1.807) is 25.2 Å². The summed E-state index contributed by atoms with van der Waals surface area (Å²) in [4.78, 5) is 0. The van der Waals surface area contributed by atoms with Gasteiger partial charge < -0.3 is 14.8 Å². The third-order valence-electron chi connectivity index (χ3n) is 2.97. The van der Waals surface area contributed by atoms with E-state index in [2.05, 4.69) is 5.32 Å². The Morgan fingerprint density at radius 1 is 1.05 bits per heavy atom. The van der Waals surface area contributed by atoms with Crippen molar-refractivity contribution in [1.29, 1.82) is 0 Å². The average molecular weight is 293 g/mol.